The van der Waals surface area contributed by atoms with E-state index in [0.717, 1.165) is 28.9 Å². The molecule has 0 aliphatic heterocycles. The van der Waals surface area contributed by atoms with Crippen molar-refractivity contribution in [3.8, 4) is 5.75 Å². The van der Waals surface area contributed by atoms with Crippen LogP contribution in [0, 0.1) is 12.8 Å². The van der Waals surface area contributed by atoms with Crippen LogP contribution in [-0.2, 0) is 6.54 Å². The monoisotopic (exact) mass is 271 g/mol. The summed E-state index contributed by atoms with van der Waals surface area (Å²) in [6.07, 6.45) is 1.26. The second-order valence-electron chi connectivity index (χ2n) is 5.68. The van der Waals surface area contributed by atoms with Crippen molar-refractivity contribution < 1.29 is 9.15 Å². The van der Waals surface area contributed by atoms with Gasteiger partial charge in [-0.1, -0.05) is 13.0 Å². The van der Waals surface area contributed by atoms with E-state index in [1.807, 2.05) is 12.1 Å². The molecule has 106 valence electrons. The molecule has 1 N–H and O–H groups in total. The van der Waals surface area contributed by atoms with E-state index in [1.165, 1.54) is 12.0 Å². The van der Waals surface area contributed by atoms with Gasteiger partial charge in [0, 0.05) is 5.92 Å². The van der Waals surface area contributed by atoms with Crippen LogP contribution in [-0.4, -0.2) is 7.11 Å². The second-order valence-corrected chi connectivity index (χ2v) is 5.68. The summed E-state index contributed by atoms with van der Waals surface area (Å²) >= 11 is 0. The van der Waals surface area contributed by atoms with Crippen LogP contribution < -0.4 is 10.1 Å². The van der Waals surface area contributed by atoms with E-state index in [2.05, 4.69) is 37.4 Å². The predicted octanol–water partition coefficient (Wildman–Crippen LogP) is 4.33. The number of methoxy groups -OCH3 is 1. The molecule has 3 heteroatoms. The van der Waals surface area contributed by atoms with Crippen molar-refractivity contribution in [2.75, 3.05) is 12.4 Å². The summed E-state index contributed by atoms with van der Waals surface area (Å²) in [7, 11) is 1.69. The highest BCUT2D eigenvalue weighted by Crippen LogP contribution is 2.47. The maximum absolute atomic E-state index is 5.89. The van der Waals surface area contributed by atoms with Crippen molar-refractivity contribution in [1.29, 1.82) is 0 Å². The van der Waals surface area contributed by atoms with E-state index in [9.17, 15) is 0 Å². The molecule has 2 atom stereocenters. The first-order valence-corrected chi connectivity index (χ1v) is 7.14. The van der Waals surface area contributed by atoms with Crippen LogP contribution in [0.4, 0.5) is 5.69 Å². The van der Waals surface area contributed by atoms with E-state index in [0.29, 0.717) is 12.5 Å². The smallest absolute Gasteiger partial charge is 0.142 e. The number of ether oxygens (including phenoxy) is 1. The van der Waals surface area contributed by atoms with Gasteiger partial charge < -0.3 is 14.5 Å². The lowest BCUT2D eigenvalue weighted by atomic mass is 10.2. The Hall–Kier alpha value is -1.90. The minimum Gasteiger partial charge on any atom is -0.495 e. The van der Waals surface area contributed by atoms with Gasteiger partial charge in [0.2, 0.25) is 0 Å². The average molecular weight is 271 g/mol. The van der Waals surface area contributed by atoms with Crippen LogP contribution >= 0.6 is 0 Å². The largest absolute Gasteiger partial charge is 0.495 e. The first kappa shape index (κ1) is 13.1. The zero-order valence-electron chi connectivity index (χ0n) is 12.3. The van der Waals surface area contributed by atoms with Gasteiger partial charge in [0.15, 0.2) is 0 Å². The second kappa shape index (κ2) is 5.23. The zero-order valence-corrected chi connectivity index (χ0v) is 12.3. The van der Waals surface area contributed by atoms with E-state index in [1.54, 1.807) is 7.11 Å². The zero-order chi connectivity index (χ0) is 14.1. The third-order valence-electron chi connectivity index (χ3n) is 3.97. The lowest BCUT2D eigenvalue weighted by molar-refractivity contribution is 0.415. The summed E-state index contributed by atoms with van der Waals surface area (Å²) in [5.74, 6) is 4.39. The molecule has 2 aromatic rings. The fourth-order valence-electron chi connectivity index (χ4n) is 2.53. The number of rotatable bonds is 5. The molecule has 1 aliphatic carbocycles. The van der Waals surface area contributed by atoms with Gasteiger partial charge in [0.05, 0.1) is 19.3 Å². The molecule has 2 unspecified atom stereocenters. The van der Waals surface area contributed by atoms with Crippen molar-refractivity contribution in [2.24, 2.45) is 5.92 Å². The molecule has 1 aliphatic rings. The Kier molecular flexibility index (Phi) is 3.43. The van der Waals surface area contributed by atoms with Gasteiger partial charge in [-0.25, -0.2) is 0 Å². The van der Waals surface area contributed by atoms with Crippen LogP contribution in [0.2, 0.25) is 0 Å². The Morgan fingerprint density at radius 3 is 2.80 bits per heavy atom. The highest BCUT2D eigenvalue weighted by molar-refractivity contribution is 5.57. The minimum absolute atomic E-state index is 0.637. The van der Waals surface area contributed by atoms with Gasteiger partial charge in [-0.2, -0.15) is 0 Å². The Morgan fingerprint density at radius 1 is 1.30 bits per heavy atom. The van der Waals surface area contributed by atoms with E-state index >= 15 is 0 Å². The number of anilines is 1. The number of aryl methyl sites for hydroxylation is 1. The molecule has 0 spiro atoms. The molecular formula is C17H21NO2. The highest BCUT2D eigenvalue weighted by Gasteiger charge is 2.36. The Balaban J connectivity index is 1.65. The Morgan fingerprint density at radius 2 is 2.10 bits per heavy atom. The van der Waals surface area contributed by atoms with E-state index < -0.39 is 0 Å². The molecule has 3 rings (SSSR count). The molecule has 1 saturated carbocycles. The van der Waals surface area contributed by atoms with E-state index in [4.69, 9.17) is 9.15 Å². The minimum atomic E-state index is 0.637. The number of furan rings is 1. The number of nitrogens with one attached hydrogen (secondary N) is 1. The number of hydrogen-bond acceptors (Lipinski definition) is 3. The highest BCUT2D eigenvalue weighted by atomic mass is 16.5. The van der Waals surface area contributed by atoms with Crippen molar-refractivity contribution in [3.05, 3.63) is 47.4 Å². The molecule has 1 aromatic carbocycles. The molecule has 1 fully saturated rings. The van der Waals surface area contributed by atoms with Crippen LogP contribution in [0.3, 0.4) is 0 Å². The van der Waals surface area contributed by atoms with Crippen molar-refractivity contribution in [1.82, 2.24) is 0 Å². The number of benzene rings is 1. The van der Waals surface area contributed by atoms with Gasteiger partial charge in [-0.05, 0) is 49.1 Å². The number of hydrogen-bond donors (Lipinski definition) is 1. The van der Waals surface area contributed by atoms with Crippen LogP contribution in [0.25, 0.3) is 0 Å². The molecule has 1 aromatic heterocycles. The Bertz CT molecular complexity index is 603. The topological polar surface area (TPSA) is 34.4 Å². The third-order valence-corrected chi connectivity index (χ3v) is 3.97. The molecule has 0 radical (unpaired) electrons. The first-order chi connectivity index (χ1) is 9.67. The fourth-order valence-corrected chi connectivity index (χ4v) is 2.53. The van der Waals surface area contributed by atoms with Gasteiger partial charge in [-0.15, -0.1) is 0 Å². The van der Waals surface area contributed by atoms with Crippen molar-refractivity contribution in [3.63, 3.8) is 0 Å². The quantitative estimate of drug-likeness (QED) is 0.878. The van der Waals surface area contributed by atoms with Gasteiger partial charge in [0.1, 0.15) is 17.3 Å². The maximum atomic E-state index is 5.89. The fraction of sp³-hybridized carbons (Fsp3) is 0.412. The molecule has 0 amide bonds. The lowest BCUT2D eigenvalue weighted by Gasteiger charge is -2.10. The summed E-state index contributed by atoms with van der Waals surface area (Å²) in [4.78, 5) is 0. The standard InChI is InChI=1S/C17H21NO2/c1-11-4-6-15(17(8-11)19-3)18-10-13-5-7-16(20-13)14-9-12(14)2/h4-8,12,14,18H,9-10H2,1-3H3. The Labute approximate surface area is 119 Å². The van der Waals surface area contributed by atoms with Crippen molar-refractivity contribution in [2.45, 2.75) is 32.7 Å². The maximum Gasteiger partial charge on any atom is 0.142 e. The molecule has 1 heterocycles. The van der Waals surface area contributed by atoms with Crippen LogP contribution in [0.5, 0.6) is 5.75 Å². The van der Waals surface area contributed by atoms with Crippen molar-refractivity contribution >= 4 is 5.69 Å². The summed E-state index contributed by atoms with van der Waals surface area (Å²) in [6.45, 7) is 5.00. The molecule has 0 bridgehead atoms. The molecule has 20 heavy (non-hydrogen) atoms. The van der Waals surface area contributed by atoms with Crippen LogP contribution in [0.1, 0.15) is 36.3 Å². The average Bonchev–Trinajstić information content (AvgIpc) is 3.00. The summed E-state index contributed by atoms with van der Waals surface area (Å²) in [6, 6.07) is 10.3. The molecule has 0 saturated heterocycles. The third kappa shape index (κ3) is 2.67. The normalized spacial score (nSPS) is 20.8. The van der Waals surface area contributed by atoms with Gasteiger partial charge in [-0.3, -0.25) is 0 Å². The van der Waals surface area contributed by atoms with Gasteiger partial charge in [0.25, 0.3) is 0 Å². The predicted molar refractivity (Wildman–Crippen MR) is 80.3 cm³/mol. The molecular weight excluding hydrogens is 250 g/mol. The van der Waals surface area contributed by atoms with Gasteiger partial charge >= 0.3 is 0 Å². The SMILES string of the molecule is COc1cc(C)ccc1NCc1ccc(C2CC2C)o1. The summed E-state index contributed by atoms with van der Waals surface area (Å²) in [5, 5.41) is 3.37. The summed E-state index contributed by atoms with van der Waals surface area (Å²) in [5.41, 5.74) is 2.19. The summed E-state index contributed by atoms with van der Waals surface area (Å²) < 4.78 is 11.3. The lowest BCUT2D eigenvalue weighted by Crippen LogP contribution is -2.00. The van der Waals surface area contributed by atoms with Crippen LogP contribution in [0.15, 0.2) is 34.7 Å². The first-order valence-electron chi connectivity index (χ1n) is 7.14. The van der Waals surface area contributed by atoms with E-state index in [-0.39, 0.29) is 0 Å². The molecule has 3 nitrogen and oxygen atoms in total.